The van der Waals surface area contributed by atoms with Gasteiger partial charge >= 0.3 is 7.12 Å². The van der Waals surface area contributed by atoms with Crippen molar-refractivity contribution in [2.24, 2.45) is 23.0 Å². The maximum Gasteiger partial charge on any atom is 0.475 e. The molecule has 0 amide bonds. The Balaban J connectivity index is 1.70. The van der Waals surface area contributed by atoms with E-state index in [9.17, 15) is 0 Å². The molecule has 0 unspecified atom stereocenters. The molecule has 3 nitrogen and oxygen atoms in total. The molecule has 2 bridgehead atoms. The molecule has 3 aliphatic carbocycles. The monoisotopic (exact) mass is 283 g/mol. The van der Waals surface area contributed by atoms with Gasteiger partial charge in [0.25, 0.3) is 0 Å². The molecule has 0 aromatic carbocycles. The summed E-state index contributed by atoms with van der Waals surface area (Å²) in [7, 11) is -0.197. The van der Waals surface area contributed by atoms with Gasteiger partial charge in [-0.3, -0.25) is 0 Å². The van der Waals surface area contributed by atoms with Crippen molar-refractivity contribution in [3.8, 4) is 0 Å². The molecule has 2 N–H and O–H groups in total. The van der Waals surface area contributed by atoms with E-state index in [1.54, 1.807) is 0 Å². The van der Waals surface area contributed by atoms with Crippen LogP contribution in [0.3, 0.4) is 0 Å². The molecular weight excluding hydrogens is 257 g/mol. The van der Waals surface area contributed by atoms with Gasteiger partial charge in [0, 0.05) is 5.94 Å². The SMILES string of the molecule is CSCC[C@H](N)B1O[C@H]2C[C@@H]3C[C@@H](C3(C)C)[C@]2(C)O1. The lowest BCUT2D eigenvalue weighted by atomic mass is 9.43. The van der Waals surface area contributed by atoms with Crippen LogP contribution in [0.5, 0.6) is 0 Å². The fourth-order valence-corrected chi connectivity index (χ4v) is 4.98. The van der Waals surface area contributed by atoms with Crippen LogP contribution < -0.4 is 5.73 Å². The molecule has 3 saturated carbocycles. The predicted molar refractivity (Wildman–Crippen MR) is 81.1 cm³/mol. The molecule has 5 heteroatoms. The van der Waals surface area contributed by atoms with Gasteiger partial charge in [0.05, 0.1) is 11.7 Å². The predicted octanol–water partition coefficient (Wildman–Crippen LogP) is 2.33. The molecule has 0 radical (unpaired) electrons. The summed E-state index contributed by atoms with van der Waals surface area (Å²) < 4.78 is 12.5. The number of nitrogens with two attached hydrogens (primary N) is 1. The summed E-state index contributed by atoms with van der Waals surface area (Å²) in [4.78, 5) is 0. The highest BCUT2D eigenvalue weighted by Gasteiger charge is 2.68. The summed E-state index contributed by atoms with van der Waals surface area (Å²) in [6.45, 7) is 7.02. The van der Waals surface area contributed by atoms with E-state index in [2.05, 4.69) is 27.0 Å². The van der Waals surface area contributed by atoms with E-state index in [4.69, 9.17) is 15.0 Å². The van der Waals surface area contributed by atoms with Crippen molar-refractivity contribution in [2.45, 2.75) is 57.7 Å². The Morgan fingerprint density at radius 2 is 2.11 bits per heavy atom. The molecule has 4 rings (SSSR count). The minimum atomic E-state index is -0.197. The van der Waals surface area contributed by atoms with Crippen molar-refractivity contribution < 1.29 is 9.31 Å². The van der Waals surface area contributed by atoms with Crippen molar-refractivity contribution in [3.05, 3.63) is 0 Å². The Morgan fingerprint density at radius 3 is 2.74 bits per heavy atom. The first-order valence-corrected chi connectivity index (χ1v) is 8.86. The van der Waals surface area contributed by atoms with Crippen LogP contribution in [-0.2, 0) is 9.31 Å². The second-order valence-corrected chi connectivity index (χ2v) is 8.27. The zero-order valence-corrected chi connectivity index (χ0v) is 13.3. The van der Waals surface area contributed by atoms with Crippen LogP contribution in [0.2, 0.25) is 0 Å². The first-order valence-electron chi connectivity index (χ1n) is 7.47. The van der Waals surface area contributed by atoms with Crippen molar-refractivity contribution >= 4 is 18.9 Å². The highest BCUT2D eigenvalue weighted by molar-refractivity contribution is 7.98. The quantitative estimate of drug-likeness (QED) is 0.804. The van der Waals surface area contributed by atoms with Crippen LogP contribution in [0, 0.1) is 17.3 Å². The number of thioether (sulfide) groups is 1. The molecule has 5 atom stereocenters. The van der Waals surface area contributed by atoms with Crippen molar-refractivity contribution in [2.75, 3.05) is 12.0 Å². The highest BCUT2D eigenvalue weighted by Crippen LogP contribution is 2.65. The topological polar surface area (TPSA) is 44.5 Å². The van der Waals surface area contributed by atoms with Crippen LogP contribution in [0.1, 0.15) is 40.0 Å². The average molecular weight is 283 g/mol. The van der Waals surface area contributed by atoms with E-state index in [0.29, 0.717) is 11.3 Å². The van der Waals surface area contributed by atoms with Gasteiger partial charge in [-0.15, -0.1) is 0 Å². The first kappa shape index (κ1) is 14.2. The van der Waals surface area contributed by atoms with E-state index >= 15 is 0 Å². The van der Waals surface area contributed by atoms with Gasteiger partial charge in [0.15, 0.2) is 0 Å². The van der Waals surface area contributed by atoms with E-state index in [0.717, 1.165) is 24.5 Å². The lowest BCUT2D eigenvalue weighted by Crippen LogP contribution is -2.65. The highest BCUT2D eigenvalue weighted by atomic mass is 32.2. The van der Waals surface area contributed by atoms with Gasteiger partial charge < -0.3 is 15.0 Å². The Morgan fingerprint density at radius 1 is 1.37 bits per heavy atom. The molecule has 1 aliphatic heterocycles. The lowest BCUT2D eigenvalue weighted by molar-refractivity contribution is -0.199. The van der Waals surface area contributed by atoms with E-state index in [1.807, 2.05) is 11.8 Å². The Kier molecular flexibility index (Phi) is 3.49. The second-order valence-electron chi connectivity index (χ2n) is 7.28. The Labute approximate surface area is 121 Å². The smallest absolute Gasteiger partial charge is 0.404 e. The third-order valence-corrected chi connectivity index (χ3v) is 6.62. The Bertz CT molecular complexity index is 367. The van der Waals surface area contributed by atoms with Crippen molar-refractivity contribution in [1.29, 1.82) is 0 Å². The summed E-state index contributed by atoms with van der Waals surface area (Å²) >= 11 is 1.83. The summed E-state index contributed by atoms with van der Waals surface area (Å²) in [5, 5.41) is 0. The van der Waals surface area contributed by atoms with Crippen molar-refractivity contribution in [1.82, 2.24) is 0 Å². The van der Waals surface area contributed by atoms with Crippen LogP contribution >= 0.6 is 11.8 Å². The first-order chi connectivity index (χ1) is 8.89. The van der Waals surface area contributed by atoms with E-state index in [-0.39, 0.29) is 24.8 Å². The molecule has 108 valence electrons. The van der Waals surface area contributed by atoms with Crippen LogP contribution in [0.4, 0.5) is 0 Å². The molecule has 19 heavy (non-hydrogen) atoms. The van der Waals surface area contributed by atoms with Gasteiger partial charge in [-0.1, -0.05) is 13.8 Å². The summed E-state index contributed by atoms with van der Waals surface area (Å²) in [6.07, 6.45) is 5.78. The van der Waals surface area contributed by atoms with E-state index in [1.165, 1.54) is 6.42 Å². The Hall–Kier alpha value is 0.295. The van der Waals surface area contributed by atoms with Gasteiger partial charge in [-0.2, -0.15) is 11.8 Å². The third kappa shape index (κ3) is 2.00. The van der Waals surface area contributed by atoms with Gasteiger partial charge in [0.2, 0.25) is 0 Å². The summed E-state index contributed by atoms with van der Waals surface area (Å²) in [6, 6.07) is 0. The maximum atomic E-state index is 6.34. The third-order valence-electron chi connectivity index (χ3n) is 5.97. The molecule has 4 aliphatic rings. The zero-order valence-electron chi connectivity index (χ0n) is 12.5. The summed E-state index contributed by atoms with van der Waals surface area (Å²) in [5.41, 5.74) is 6.54. The lowest BCUT2D eigenvalue weighted by Gasteiger charge is -2.64. The average Bonchev–Trinajstić information content (AvgIpc) is 2.72. The van der Waals surface area contributed by atoms with Crippen LogP contribution in [0.25, 0.3) is 0 Å². The maximum absolute atomic E-state index is 6.34. The largest absolute Gasteiger partial charge is 0.475 e. The minimum absolute atomic E-state index is 0.00943. The van der Waals surface area contributed by atoms with Gasteiger partial charge in [0.1, 0.15) is 0 Å². The zero-order chi connectivity index (χ0) is 13.8. The number of hydrogen-bond donors (Lipinski definition) is 1. The molecule has 0 spiro atoms. The second kappa shape index (κ2) is 4.65. The van der Waals surface area contributed by atoms with Gasteiger partial charge in [-0.05, 0) is 55.4 Å². The molecule has 1 saturated heterocycles. The minimum Gasteiger partial charge on any atom is -0.404 e. The standard InChI is InChI=1S/C14H26BNO2S/c1-13(2)9-7-10(13)14(3)11(8-9)17-15(18-14)12(16)5-6-19-4/h9-12H,5-8,16H2,1-4H3/t9-,10-,11-,12-,14-/m0/s1. The molecule has 0 aromatic heterocycles. The van der Waals surface area contributed by atoms with Gasteiger partial charge in [-0.25, -0.2) is 0 Å². The van der Waals surface area contributed by atoms with Crippen LogP contribution in [-0.4, -0.2) is 36.8 Å². The molecule has 0 aromatic rings. The fourth-order valence-electron chi connectivity index (χ4n) is 4.47. The molecule has 1 heterocycles. The fraction of sp³-hybridized carbons (Fsp3) is 1.00. The summed E-state index contributed by atoms with van der Waals surface area (Å²) in [5.74, 6) is 2.51. The van der Waals surface area contributed by atoms with E-state index < -0.39 is 0 Å². The van der Waals surface area contributed by atoms with Crippen LogP contribution in [0.15, 0.2) is 0 Å². The normalized spacial score (nSPS) is 44.7. The molecule has 4 fully saturated rings. The number of rotatable bonds is 4. The van der Waals surface area contributed by atoms with Crippen molar-refractivity contribution in [3.63, 3.8) is 0 Å². The number of hydrogen-bond acceptors (Lipinski definition) is 4. The molecular formula is C14H26BNO2S.